The lowest BCUT2D eigenvalue weighted by atomic mass is 10.1. The highest BCUT2D eigenvalue weighted by molar-refractivity contribution is 6.55. The molecule has 0 aliphatic carbocycles. The second kappa shape index (κ2) is 13.5. The lowest BCUT2D eigenvalue weighted by Gasteiger charge is -2.29. The van der Waals surface area contributed by atoms with E-state index in [1.54, 1.807) is 0 Å². The molecule has 4 aromatic carbocycles. The van der Waals surface area contributed by atoms with Crippen molar-refractivity contribution in [3.8, 4) is 5.75 Å². The number of benzene rings is 4. The Bertz CT molecular complexity index is 1990. The van der Waals surface area contributed by atoms with E-state index in [2.05, 4.69) is 0 Å². The molecule has 3 amide bonds. The van der Waals surface area contributed by atoms with Crippen LogP contribution in [0.15, 0.2) is 66.7 Å². The third kappa shape index (κ3) is 6.51. The van der Waals surface area contributed by atoms with Crippen LogP contribution in [-0.4, -0.2) is 51.0 Å². The van der Waals surface area contributed by atoms with E-state index >= 15 is 0 Å². The number of hydrazine groups is 1. The molecule has 0 N–H and O–H groups in total. The van der Waals surface area contributed by atoms with Gasteiger partial charge in [0.25, 0.3) is 23.4 Å². The van der Waals surface area contributed by atoms with Crippen LogP contribution in [0.5, 0.6) is 5.75 Å². The number of esters is 1. The number of nitrogens with zero attached hydrogens (tertiary/aromatic N) is 3. The van der Waals surface area contributed by atoms with E-state index in [-0.39, 0.29) is 58.3 Å². The van der Waals surface area contributed by atoms with Gasteiger partial charge >= 0.3 is 5.97 Å². The summed E-state index contributed by atoms with van der Waals surface area (Å²) in [6.07, 6.45) is 0. The van der Waals surface area contributed by atoms with Gasteiger partial charge in [-0.05, 0) is 54.6 Å². The van der Waals surface area contributed by atoms with Crippen LogP contribution >= 0.6 is 69.6 Å². The first-order valence-corrected chi connectivity index (χ1v) is 15.1. The molecule has 1 heterocycles. The van der Waals surface area contributed by atoms with E-state index in [1.807, 2.05) is 0 Å². The van der Waals surface area contributed by atoms with E-state index < -0.39 is 52.1 Å². The Balaban J connectivity index is 1.44. The molecule has 17 heteroatoms. The van der Waals surface area contributed by atoms with Crippen molar-refractivity contribution in [1.29, 1.82) is 0 Å². The minimum absolute atomic E-state index is 0.00849. The minimum atomic E-state index is -1.11. The lowest BCUT2D eigenvalue weighted by Crippen LogP contribution is -2.51. The van der Waals surface area contributed by atoms with Crippen molar-refractivity contribution in [2.75, 3.05) is 6.54 Å². The molecule has 11 nitrogen and oxygen atoms in total. The fourth-order valence-corrected chi connectivity index (χ4v) is 5.70. The number of Topliss-reactive ketones (excluding diaryl/α,β-unsaturated/α-hetero) is 1. The number of hydrogen-bond donors (Lipinski definition) is 0. The number of nitro benzene ring substituents is 1. The first-order chi connectivity index (χ1) is 22.2. The van der Waals surface area contributed by atoms with Crippen LogP contribution in [0, 0.1) is 10.1 Å². The van der Waals surface area contributed by atoms with Gasteiger partial charge in [0.2, 0.25) is 0 Å². The van der Waals surface area contributed by atoms with E-state index in [0.29, 0.717) is 10.0 Å². The molecule has 0 saturated heterocycles. The van der Waals surface area contributed by atoms with E-state index in [1.165, 1.54) is 54.6 Å². The summed E-state index contributed by atoms with van der Waals surface area (Å²) in [4.78, 5) is 77.2. The highest BCUT2D eigenvalue weighted by Crippen LogP contribution is 2.45. The first kappa shape index (κ1) is 34.1. The molecular formula is C30H13Cl6N3O8. The number of non-ortho nitro benzene ring substituents is 1. The lowest BCUT2D eigenvalue weighted by molar-refractivity contribution is -0.384. The molecule has 238 valence electrons. The number of amides is 3. The zero-order valence-electron chi connectivity index (χ0n) is 22.9. The van der Waals surface area contributed by atoms with Crippen molar-refractivity contribution in [2.45, 2.75) is 0 Å². The fraction of sp³-hybridized carbons (Fsp3) is 0.0333. The molecule has 5 rings (SSSR count). The predicted octanol–water partition coefficient (Wildman–Crippen LogP) is 8.27. The summed E-state index contributed by atoms with van der Waals surface area (Å²) in [5, 5.41) is 10.6. The second-order valence-corrected chi connectivity index (χ2v) is 11.9. The summed E-state index contributed by atoms with van der Waals surface area (Å²) in [6, 6.07) is 13.6. The molecule has 0 atom stereocenters. The summed E-state index contributed by atoms with van der Waals surface area (Å²) in [5.41, 5.74) is -1.16. The number of ether oxygens (including phenoxy) is 1. The molecule has 4 aromatic rings. The van der Waals surface area contributed by atoms with Crippen LogP contribution in [-0.2, 0) is 0 Å². The van der Waals surface area contributed by atoms with Crippen molar-refractivity contribution in [3.63, 3.8) is 0 Å². The molecule has 0 bridgehead atoms. The van der Waals surface area contributed by atoms with Crippen LogP contribution in [0.4, 0.5) is 5.69 Å². The van der Waals surface area contributed by atoms with Crippen molar-refractivity contribution in [1.82, 2.24) is 10.0 Å². The number of imide groups is 1. The highest BCUT2D eigenvalue weighted by Gasteiger charge is 2.46. The van der Waals surface area contributed by atoms with Gasteiger partial charge in [0.05, 0.1) is 51.7 Å². The molecule has 0 radical (unpaired) electrons. The van der Waals surface area contributed by atoms with E-state index in [4.69, 9.17) is 74.3 Å². The second-order valence-electron chi connectivity index (χ2n) is 9.56. The summed E-state index contributed by atoms with van der Waals surface area (Å²) < 4.78 is 5.27. The van der Waals surface area contributed by atoms with E-state index in [0.717, 1.165) is 12.1 Å². The quantitative estimate of drug-likeness (QED) is 0.0256. The van der Waals surface area contributed by atoms with Gasteiger partial charge in [0, 0.05) is 23.3 Å². The predicted molar refractivity (Wildman–Crippen MR) is 173 cm³/mol. The maximum Gasteiger partial charge on any atom is 0.343 e. The maximum atomic E-state index is 13.8. The first-order valence-electron chi connectivity index (χ1n) is 12.8. The van der Waals surface area contributed by atoms with Gasteiger partial charge in [-0.1, -0.05) is 69.6 Å². The van der Waals surface area contributed by atoms with Crippen LogP contribution < -0.4 is 4.74 Å². The molecule has 1 aliphatic heterocycles. The monoisotopic (exact) mass is 753 g/mol. The van der Waals surface area contributed by atoms with Gasteiger partial charge in [-0.15, -0.1) is 0 Å². The Morgan fingerprint density at radius 1 is 0.702 bits per heavy atom. The van der Waals surface area contributed by atoms with Crippen LogP contribution in [0.1, 0.15) is 51.8 Å². The Morgan fingerprint density at radius 3 is 1.72 bits per heavy atom. The fourth-order valence-electron chi connectivity index (χ4n) is 4.39. The van der Waals surface area contributed by atoms with E-state index in [9.17, 15) is 34.1 Å². The van der Waals surface area contributed by atoms with Gasteiger partial charge in [-0.2, -0.15) is 5.01 Å². The SMILES string of the molecule is O=C(CN(C(=O)c1ccc(Cl)c(Cl)c1)N1C(=O)c2c(Cl)c(Cl)c(Cl)c(Cl)c2C1=O)c1ccc(OC(=O)c2ccc([N+](=O)[O-])cc2)cc1. The molecular weight excluding hydrogens is 743 g/mol. The zero-order valence-corrected chi connectivity index (χ0v) is 27.5. The van der Waals surface area contributed by atoms with Crippen molar-refractivity contribution in [3.05, 3.63) is 135 Å². The Hall–Kier alpha value is -4.23. The third-order valence-corrected chi connectivity index (χ3v) is 9.26. The Labute approximate surface area is 294 Å². The highest BCUT2D eigenvalue weighted by atomic mass is 35.5. The number of ketones is 1. The van der Waals surface area contributed by atoms with Gasteiger partial charge in [-0.25, -0.2) is 9.80 Å². The average molecular weight is 756 g/mol. The number of nitro groups is 1. The molecule has 0 fully saturated rings. The van der Waals surface area contributed by atoms with Crippen molar-refractivity contribution in [2.24, 2.45) is 0 Å². The molecule has 1 aliphatic rings. The molecule has 0 aromatic heterocycles. The number of hydrogen-bond acceptors (Lipinski definition) is 8. The topological polar surface area (TPSA) is 144 Å². The number of rotatable bonds is 8. The van der Waals surface area contributed by atoms with Gasteiger partial charge in [-0.3, -0.25) is 29.3 Å². The molecule has 0 unspecified atom stereocenters. The number of carbonyl (C=O) groups is 5. The molecule has 47 heavy (non-hydrogen) atoms. The van der Waals surface area contributed by atoms with Crippen LogP contribution in [0.2, 0.25) is 30.1 Å². The van der Waals surface area contributed by atoms with Gasteiger partial charge in [0.1, 0.15) is 12.3 Å². The van der Waals surface area contributed by atoms with Crippen LogP contribution in [0.25, 0.3) is 0 Å². The third-order valence-electron chi connectivity index (χ3n) is 6.72. The largest absolute Gasteiger partial charge is 0.423 e. The number of fused-ring (bicyclic) bond motifs is 1. The Kier molecular flexibility index (Phi) is 9.78. The normalized spacial score (nSPS) is 12.2. The number of halogens is 6. The van der Waals surface area contributed by atoms with Gasteiger partial charge < -0.3 is 4.74 Å². The minimum Gasteiger partial charge on any atom is -0.423 e. The summed E-state index contributed by atoms with van der Waals surface area (Å²) >= 11 is 36.8. The van der Waals surface area contributed by atoms with Crippen molar-refractivity contribution < 1.29 is 33.6 Å². The van der Waals surface area contributed by atoms with Gasteiger partial charge in [0.15, 0.2) is 5.78 Å². The standard InChI is InChI=1S/C30H13Cl6N3O8/c31-18-10-5-15(11-19(18)32)27(41)37(38-28(42)21-22(29(38)43)24(34)26(36)25(35)23(21)33)12-20(40)13-3-8-17(9-4-13)47-30(44)14-1-6-16(7-2-14)39(45)46/h1-11H,12H2. The smallest absolute Gasteiger partial charge is 0.343 e. The van der Waals surface area contributed by atoms with Crippen LogP contribution in [0.3, 0.4) is 0 Å². The Morgan fingerprint density at radius 2 is 1.21 bits per heavy atom. The molecule has 0 spiro atoms. The zero-order chi connectivity index (χ0) is 34.3. The molecule has 0 saturated carbocycles. The van der Waals surface area contributed by atoms with Crippen molar-refractivity contribution >= 4 is 105 Å². The maximum absolute atomic E-state index is 13.8. The summed E-state index contributed by atoms with van der Waals surface area (Å²) in [6.45, 7) is -0.858. The average Bonchev–Trinajstić information content (AvgIpc) is 3.32. The number of carbonyl (C=O) groups excluding carboxylic acids is 5. The summed E-state index contributed by atoms with van der Waals surface area (Å²) in [5.74, 6) is -4.76. The summed E-state index contributed by atoms with van der Waals surface area (Å²) in [7, 11) is 0.